The summed E-state index contributed by atoms with van der Waals surface area (Å²) in [4.78, 5) is 11.8. The van der Waals surface area contributed by atoms with E-state index in [9.17, 15) is 4.79 Å². The molecule has 0 fully saturated rings. The van der Waals surface area contributed by atoms with Crippen LogP contribution < -0.4 is 11.1 Å². The molecular weight excluding hydrogens is 372 g/mol. The van der Waals surface area contributed by atoms with Crippen LogP contribution in [-0.2, 0) is 4.79 Å². The maximum atomic E-state index is 11.8. The van der Waals surface area contributed by atoms with Crippen LogP contribution in [0.15, 0.2) is 27.0 Å². The van der Waals surface area contributed by atoms with Gasteiger partial charge in [-0.25, -0.2) is 0 Å². The van der Waals surface area contributed by atoms with Gasteiger partial charge in [-0.2, -0.15) is 0 Å². The zero-order valence-corrected chi connectivity index (χ0v) is 13.4. The number of amides is 1. The normalized spacial score (nSPS) is 10.4. The van der Waals surface area contributed by atoms with Crippen LogP contribution in [0.4, 0.5) is 10.8 Å². The van der Waals surface area contributed by atoms with Crippen molar-refractivity contribution in [2.45, 2.75) is 4.34 Å². The highest BCUT2D eigenvalue weighted by Crippen LogP contribution is 2.27. The second-order valence-electron chi connectivity index (χ2n) is 3.37. The lowest BCUT2D eigenvalue weighted by atomic mass is 10.3. The lowest BCUT2D eigenvalue weighted by Gasteiger charge is -2.06. The van der Waals surface area contributed by atoms with Crippen LogP contribution in [0.2, 0.25) is 5.02 Å². The third-order valence-electron chi connectivity index (χ3n) is 1.95. The smallest absolute Gasteiger partial charge is 0.234 e. The van der Waals surface area contributed by atoms with Crippen molar-refractivity contribution in [2.24, 2.45) is 0 Å². The van der Waals surface area contributed by atoms with E-state index in [-0.39, 0.29) is 11.7 Å². The third-order valence-corrected chi connectivity index (χ3v) is 4.65. The Hall–Kier alpha value is -0.830. The van der Waals surface area contributed by atoms with Crippen LogP contribution in [-0.4, -0.2) is 21.9 Å². The SMILES string of the molecule is Nc1nnc(SCC(=O)Nc2ccc(Br)cc2Cl)s1. The van der Waals surface area contributed by atoms with E-state index < -0.39 is 0 Å². The van der Waals surface area contributed by atoms with Crippen molar-refractivity contribution in [1.29, 1.82) is 0 Å². The fourth-order valence-electron chi connectivity index (χ4n) is 1.18. The Kier molecular flexibility index (Phi) is 5.03. The summed E-state index contributed by atoms with van der Waals surface area (Å²) in [5, 5.41) is 11.1. The van der Waals surface area contributed by atoms with Crippen LogP contribution >= 0.6 is 50.6 Å². The highest BCUT2D eigenvalue weighted by molar-refractivity contribution is 9.10. The number of rotatable bonds is 4. The summed E-state index contributed by atoms with van der Waals surface area (Å²) >= 11 is 11.8. The number of nitrogen functional groups attached to an aromatic ring is 1. The minimum absolute atomic E-state index is 0.164. The molecule has 0 unspecified atom stereocenters. The summed E-state index contributed by atoms with van der Waals surface area (Å²) in [6, 6.07) is 5.26. The lowest BCUT2D eigenvalue weighted by Crippen LogP contribution is -2.14. The van der Waals surface area contributed by atoms with Crippen molar-refractivity contribution in [1.82, 2.24) is 10.2 Å². The number of hydrogen-bond acceptors (Lipinski definition) is 6. The van der Waals surface area contributed by atoms with Gasteiger partial charge in [0.25, 0.3) is 0 Å². The summed E-state index contributed by atoms with van der Waals surface area (Å²) in [6.07, 6.45) is 0. The molecule has 1 aromatic heterocycles. The zero-order chi connectivity index (χ0) is 13.8. The number of halogens is 2. The van der Waals surface area contributed by atoms with Crippen molar-refractivity contribution in [3.8, 4) is 0 Å². The number of thioether (sulfide) groups is 1. The molecule has 9 heteroatoms. The van der Waals surface area contributed by atoms with E-state index in [0.29, 0.717) is 20.2 Å². The van der Waals surface area contributed by atoms with E-state index >= 15 is 0 Å². The number of anilines is 2. The molecule has 0 aliphatic carbocycles. The number of hydrogen-bond donors (Lipinski definition) is 2. The predicted octanol–water partition coefficient (Wildman–Crippen LogP) is 3.27. The molecule has 19 heavy (non-hydrogen) atoms. The number of carbonyl (C=O) groups excluding carboxylic acids is 1. The predicted molar refractivity (Wildman–Crippen MR) is 82.8 cm³/mol. The maximum Gasteiger partial charge on any atom is 0.234 e. The van der Waals surface area contributed by atoms with E-state index in [1.54, 1.807) is 18.2 Å². The molecule has 0 atom stereocenters. The van der Waals surface area contributed by atoms with Gasteiger partial charge in [-0.05, 0) is 18.2 Å². The molecule has 0 spiro atoms. The molecule has 100 valence electrons. The molecule has 2 aromatic rings. The molecule has 0 bridgehead atoms. The monoisotopic (exact) mass is 378 g/mol. The molecule has 0 saturated heterocycles. The average Bonchev–Trinajstić information content (AvgIpc) is 2.76. The van der Waals surface area contributed by atoms with Crippen molar-refractivity contribution < 1.29 is 4.79 Å². The maximum absolute atomic E-state index is 11.8. The Morgan fingerprint density at radius 2 is 2.32 bits per heavy atom. The fourth-order valence-corrected chi connectivity index (χ4v) is 3.34. The Balaban J connectivity index is 1.90. The number of carbonyl (C=O) groups is 1. The van der Waals surface area contributed by atoms with Crippen molar-refractivity contribution in [3.63, 3.8) is 0 Å². The molecule has 1 aromatic carbocycles. The van der Waals surface area contributed by atoms with Crippen molar-refractivity contribution in [2.75, 3.05) is 16.8 Å². The first-order valence-electron chi connectivity index (χ1n) is 5.01. The van der Waals surface area contributed by atoms with E-state index in [1.165, 1.54) is 23.1 Å². The standard InChI is InChI=1S/C10H8BrClN4OS2/c11-5-1-2-7(6(12)3-5)14-8(17)4-18-10-16-15-9(13)19-10/h1-3H,4H2,(H2,13,15)(H,14,17). The number of nitrogens with two attached hydrogens (primary N) is 1. The Morgan fingerprint density at radius 3 is 2.95 bits per heavy atom. The number of nitrogens with one attached hydrogen (secondary N) is 1. The summed E-state index contributed by atoms with van der Waals surface area (Å²) in [5.41, 5.74) is 6.03. The zero-order valence-electron chi connectivity index (χ0n) is 9.39. The van der Waals surface area contributed by atoms with Gasteiger partial charge in [-0.3, -0.25) is 4.79 Å². The van der Waals surface area contributed by atoms with Gasteiger partial charge in [0, 0.05) is 4.47 Å². The highest BCUT2D eigenvalue weighted by atomic mass is 79.9. The molecule has 1 heterocycles. The number of benzene rings is 1. The molecule has 2 rings (SSSR count). The van der Waals surface area contributed by atoms with E-state index in [1.807, 2.05) is 0 Å². The topological polar surface area (TPSA) is 80.9 Å². The van der Waals surface area contributed by atoms with Gasteiger partial charge >= 0.3 is 0 Å². The number of nitrogens with zero attached hydrogens (tertiary/aromatic N) is 2. The summed E-state index contributed by atoms with van der Waals surface area (Å²) in [7, 11) is 0. The van der Waals surface area contributed by atoms with Gasteiger partial charge in [-0.1, -0.05) is 50.6 Å². The van der Waals surface area contributed by atoms with Crippen LogP contribution in [0.5, 0.6) is 0 Å². The van der Waals surface area contributed by atoms with Gasteiger partial charge in [0.05, 0.1) is 16.5 Å². The minimum Gasteiger partial charge on any atom is -0.374 e. The van der Waals surface area contributed by atoms with Gasteiger partial charge in [-0.15, -0.1) is 10.2 Å². The van der Waals surface area contributed by atoms with Crippen molar-refractivity contribution >= 4 is 67.4 Å². The Labute approximate surface area is 131 Å². The van der Waals surface area contributed by atoms with Crippen molar-refractivity contribution in [3.05, 3.63) is 27.7 Å². The Bertz CT molecular complexity index is 607. The summed E-state index contributed by atoms with van der Waals surface area (Å²) in [5.74, 6) is 0.0593. The van der Waals surface area contributed by atoms with E-state index in [4.69, 9.17) is 17.3 Å². The quantitative estimate of drug-likeness (QED) is 0.797. The van der Waals surface area contributed by atoms with Gasteiger partial charge in [0.15, 0.2) is 4.34 Å². The minimum atomic E-state index is -0.164. The van der Waals surface area contributed by atoms with Crippen LogP contribution in [0, 0.1) is 0 Å². The van der Waals surface area contributed by atoms with Gasteiger partial charge < -0.3 is 11.1 Å². The molecule has 0 radical (unpaired) electrons. The number of aromatic nitrogens is 2. The van der Waals surface area contributed by atoms with Gasteiger partial charge in [0.1, 0.15) is 0 Å². The molecular formula is C10H8BrClN4OS2. The highest BCUT2D eigenvalue weighted by Gasteiger charge is 2.09. The van der Waals surface area contributed by atoms with Crippen LogP contribution in [0.25, 0.3) is 0 Å². The van der Waals surface area contributed by atoms with Gasteiger partial charge in [0.2, 0.25) is 11.0 Å². The fraction of sp³-hybridized carbons (Fsp3) is 0.100. The first-order valence-corrected chi connectivity index (χ1v) is 7.98. The first-order chi connectivity index (χ1) is 9.04. The summed E-state index contributed by atoms with van der Waals surface area (Å²) < 4.78 is 1.52. The molecule has 5 nitrogen and oxygen atoms in total. The Morgan fingerprint density at radius 1 is 1.53 bits per heavy atom. The molecule has 1 amide bonds. The van der Waals surface area contributed by atoms with Crippen LogP contribution in [0.3, 0.4) is 0 Å². The molecule has 3 N–H and O–H groups in total. The van der Waals surface area contributed by atoms with E-state index in [0.717, 1.165) is 4.47 Å². The average molecular weight is 380 g/mol. The first kappa shape index (κ1) is 14.6. The lowest BCUT2D eigenvalue weighted by molar-refractivity contribution is -0.113. The third kappa shape index (κ3) is 4.34. The molecule has 0 saturated carbocycles. The second-order valence-corrected chi connectivity index (χ2v) is 6.92. The second kappa shape index (κ2) is 6.56. The largest absolute Gasteiger partial charge is 0.374 e. The molecule has 0 aliphatic rings. The van der Waals surface area contributed by atoms with Crippen LogP contribution in [0.1, 0.15) is 0 Å². The van der Waals surface area contributed by atoms with E-state index in [2.05, 4.69) is 31.4 Å². The summed E-state index contributed by atoms with van der Waals surface area (Å²) in [6.45, 7) is 0. The molecule has 0 aliphatic heterocycles.